The lowest BCUT2D eigenvalue weighted by molar-refractivity contribution is 0.101. The molecular weight excluding hydrogens is 296 g/mol. The topological polar surface area (TPSA) is 80.4 Å². The monoisotopic (exact) mass is 316 g/mol. The van der Waals surface area contributed by atoms with Crippen LogP contribution in [0, 0.1) is 13.8 Å². The van der Waals surface area contributed by atoms with Gasteiger partial charge in [0.05, 0.1) is 14.2 Å². The summed E-state index contributed by atoms with van der Waals surface area (Å²) >= 11 is 0. The second-order valence-corrected chi connectivity index (χ2v) is 5.21. The maximum absolute atomic E-state index is 12.5. The molecule has 0 bridgehead atoms. The third-order valence-electron chi connectivity index (χ3n) is 3.66. The van der Waals surface area contributed by atoms with Crippen molar-refractivity contribution in [1.29, 1.82) is 0 Å². The summed E-state index contributed by atoms with van der Waals surface area (Å²) in [6.45, 7) is 5.01. The highest BCUT2D eigenvalue weighted by molar-refractivity contribution is 6.07. The van der Waals surface area contributed by atoms with Gasteiger partial charge in [0.15, 0.2) is 17.3 Å². The minimum atomic E-state index is -0.315. The van der Waals surface area contributed by atoms with E-state index in [0.717, 1.165) is 0 Å². The maximum atomic E-state index is 12.5. The lowest BCUT2D eigenvalue weighted by Gasteiger charge is -2.10. The van der Waals surface area contributed by atoms with Gasteiger partial charge in [-0.25, -0.2) is 0 Å². The van der Waals surface area contributed by atoms with E-state index in [0.29, 0.717) is 39.7 Å². The van der Waals surface area contributed by atoms with E-state index in [-0.39, 0.29) is 11.7 Å². The summed E-state index contributed by atoms with van der Waals surface area (Å²) < 4.78 is 10.4. The van der Waals surface area contributed by atoms with Crippen molar-refractivity contribution in [3.05, 3.63) is 40.7 Å². The van der Waals surface area contributed by atoms with Gasteiger partial charge in [-0.3, -0.25) is 9.59 Å². The van der Waals surface area contributed by atoms with Gasteiger partial charge in [0, 0.05) is 23.0 Å². The van der Waals surface area contributed by atoms with Crippen molar-refractivity contribution in [3.63, 3.8) is 0 Å². The first kappa shape index (κ1) is 16.6. The molecule has 0 aliphatic rings. The van der Waals surface area contributed by atoms with Gasteiger partial charge in [0.25, 0.3) is 5.91 Å². The molecule has 0 spiro atoms. The van der Waals surface area contributed by atoms with Crippen LogP contribution < -0.4 is 14.8 Å². The largest absolute Gasteiger partial charge is 0.493 e. The van der Waals surface area contributed by atoms with Gasteiger partial charge >= 0.3 is 0 Å². The molecule has 6 nitrogen and oxygen atoms in total. The van der Waals surface area contributed by atoms with E-state index >= 15 is 0 Å². The van der Waals surface area contributed by atoms with E-state index in [1.54, 1.807) is 39.2 Å². The van der Waals surface area contributed by atoms with E-state index in [4.69, 9.17) is 9.47 Å². The second-order valence-electron chi connectivity index (χ2n) is 5.21. The fraction of sp³-hybridized carbons (Fsp3) is 0.294. The van der Waals surface area contributed by atoms with E-state index in [1.165, 1.54) is 14.0 Å². The van der Waals surface area contributed by atoms with E-state index in [9.17, 15) is 9.59 Å². The zero-order chi connectivity index (χ0) is 17.1. The molecule has 0 unspecified atom stereocenters. The number of carbonyl (C=O) groups is 2. The van der Waals surface area contributed by atoms with E-state index in [1.807, 2.05) is 0 Å². The first-order chi connectivity index (χ1) is 10.9. The molecule has 122 valence electrons. The molecule has 1 amide bonds. The van der Waals surface area contributed by atoms with E-state index in [2.05, 4.69) is 10.3 Å². The number of rotatable bonds is 5. The summed E-state index contributed by atoms with van der Waals surface area (Å²) in [6.07, 6.45) is 0. The lowest BCUT2D eigenvalue weighted by Crippen LogP contribution is -2.14. The van der Waals surface area contributed by atoms with Crippen LogP contribution in [-0.4, -0.2) is 30.9 Å². The molecule has 0 aliphatic heterocycles. The van der Waals surface area contributed by atoms with Crippen LogP contribution in [0.15, 0.2) is 18.2 Å². The SMILES string of the molecule is COc1ccc(NC(=O)c2[nH]c(C)c(C(C)=O)c2C)cc1OC. The van der Waals surface area contributed by atoms with Crippen molar-refractivity contribution in [2.75, 3.05) is 19.5 Å². The standard InChI is InChI=1S/C17H20N2O4/c1-9-15(11(3)20)10(2)18-16(9)17(21)19-12-6-7-13(22-4)14(8-12)23-5/h6-8,18H,1-5H3,(H,19,21). The average Bonchev–Trinajstić information content (AvgIpc) is 2.82. The minimum absolute atomic E-state index is 0.0681. The number of carbonyl (C=O) groups excluding carboxylic acids is 2. The number of ketones is 1. The number of benzene rings is 1. The van der Waals surface area contributed by atoms with Crippen LogP contribution >= 0.6 is 0 Å². The zero-order valence-electron chi connectivity index (χ0n) is 13.9. The number of Topliss-reactive ketones (excluding diaryl/α,β-unsaturated/α-hetero) is 1. The number of aromatic nitrogens is 1. The van der Waals surface area contributed by atoms with Crippen LogP contribution in [0.2, 0.25) is 0 Å². The van der Waals surface area contributed by atoms with Gasteiger partial charge in [-0.15, -0.1) is 0 Å². The van der Waals surface area contributed by atoms with Crippen LogP contribution in [0.5, 0.6) is 11.5 Å². The van der Waals surface area contributed by atoms with Crippen molar-refractivity contribution in [2.24, 2.45) is 0 Å². The lowest BCUT2D eigenvalue weighted by atomic mass is 10.1. The molecule has 0 aliphatic carbocycles. The second kappa shape index (κ2) is 6.56. The predicted molar refractivity (Wildman–Crippen MR) is 87.8 cm³/mol. The Morgan fingerprint density at radius 3 is 2.26 bits per heavy atom. The summed E-state index contributed by atoms with van der Waals surface area (Å²) in [5.41, 5.74) is 2.84. The highest BCUT2D eigenvalue weighted by atomic mass is 16.5. The van der Waals surface area contributed by atoms with Crippen LogP contribution in [0.1, 0.15) is 39.0 Å². The van der Waals surface area contributed by atoms with Crippen molar-refractivity contribution < 1.29 is 19.1 Å². The fourth-order valence-electron chi connectivity index (χ4n) is 2.61. The molecule has 2 N–H and O–H groups in total. The number of anilines is 1. The number of hydrogen-bond acceptors (Lipinski definition) is 4. The number of nitrogens with one attached hydrogen (secondary N) is 2. The van der Waals surface area contributed by atoms with Crippen molar-refractivity contribution >= 4 is 17.4 Å². The van der Waals surface area contributed by atoms with Gasteiger partial charge in [-0.05, 0) is 38.5 Å². The minimum Gasteiger partial charge on any atom is -0.493 e. The molecule has 0 saturated heterocycles. The normalized spacial score (nSPS) is 10.3. The summed E-state index contributed by atoms with van der Waals surface area (Å²) in [5, 5.41) is 2.79. The molecule has 0 saturated carbocycles. The van der Waals surface area contributed by atoms with E-state index < -0.39 is 0 Å². The Labute approximate surface area is 134 Å². The summed E-state index contributed by atoms with van der Waals surface area (Å²) in [6, 6.07) is 5.10. The van der Waals surface area contributed by atoms with Crippen molar-refractivity contribution in [2.45, 2.75) is 20.8 Å². The summed E-state index contributed by atoms with van der Waals surface area (Å²) in [4.78, 5) is 27.1. The van der Waals surface area contributed by atoms with Gasteiger partial charge in [-0.1, -0.05) is 0 Å². The first-order valence-corrected chi connectivity index (χ1v) is 7.12. The van der Waals surface area contributed by atoms with Crippen molar-refractivity contribution in [1.82, 2.24) is 4.98 Å². The number of ether oxygens (including phenoxy) is 2. The van der Waals surface area contributed by atoms with Gasteiger partial charge in [0.1, 0.15) is 5.69 Å². The Morgan fingerprint density at radius 2 is 1.74 bits per heavy atom. The number of aromatic amines is 1. The number of aryl methyl sites for hydroxylation is 1. The molecule has 0 fully saturated rings. The molecule has 2 rings (SSSR count). The Hall–Kier alpha value is -2.76. The first-order valence-electron chi connectivity index (χ1n) is 7.12. The molecule has 1 aromatic heterocycles. The van der Waals surface area contributed by atoms with Crippen molar-refractivity contribution in [3.8, 4) is 11.5 Å². The number of methoxy groups -OCH3 is 2. The molecule has 1 heterocycles. The highest BCUT2D eigenvalue weighted by Gasteiger charge is 2.20. The summed E-state index contributed by atoms with van der Waals surface area (Å²) in [7, 11) is 3.07. The fourth-order valence-corrected chi connectivity index (χ4v) is 2.61. The highest BCUT2D eigenvalue weighted by Crippen LogP contribution is 2.30. The quantitative estimate of drug-likeness (QED) is 0.831. The van der Waals surface area contributed by atoms with Crippen LogP contribution in [0.4, 0.5) is 5.69 Å². The number of amides is 1. The van der Waals surface area contributed by atoms with Crippen LogP contribution in [-0.2, 0) is 0 Å². The smallest absolute Gasteiger partial charge is 0.272 e. The zero-order valence-corrected chi connectivity index (χ0v) is 13.9. The summed E-state index contributed by atoms with van der Waals surface area (Å²) in [5.74, 6) is 0.720. The number of H-pyrrole nitrogens is 1. The predicted octanol–water partition coefficient (Wildman–Crippen LogP) is 3.10. The number of hydrogen-bond donors (Lipinski definition) is 2. The van der Waals surface area contributed by atoms with Gasteiger partial charge < -0.3 is 19.8 Å². The maximum Gasteiger partial charge on any atom is 0.272 e. The van der Waals surface area contributed by atoms with Crippen LogP contribution in [0.25, 0.3) is 0 Å². The molecular formula is C17H20N2O4. The molecule has 23 heavy (non-hydrogen) atoms. The molecule has 6 heteroatoms. The Morgan fingerprint density at radius 1 is 1.09 bits per heavy atom. The van der Waals surface area contributed by atoms with Gasteiger partial charge in [-0.2, -0.15) is 0 Å². The third-order valence-corrected chi connectivity index (χ3v) is 3.66. The molecule has 1 aromatic carbocycles. The van der Waals surface area contributed by atoms with Gasteiger partial charge in [0.2, 0.25) is 0 Å². The molecule has 2 aromatic rings. The Kier molecular flexibility index (Phi) is 4.74. The molecule has 0 radical (unpaired) electrons. The molecule has 0 atom stereocenters. The third kappa shape index (κ3) is 3.21. The average molecular weight is 316 g/mol. The Balaban J connectivity index is 2.30. The Bertz CT molecular complexity index is 762. The van der Waals surface area contributed by atoms with Crippen LogP contribution in [0.3, 0.4) is 0 Å².